The topological polar surface area (TPSA) is 26.9 Å². The van der Waals surface area contributed by atoms with Crippen molar-refractivity contribution in [1.29, 1.82) is 0 Å². The zero-order chi connectivity index (χ0) is 30.0. The Balaban J connectivity index is 1.35. The largest absolute Gasteiger partial charge is 0.334 e. The molecular formula is C41H32N2O. The average Bonchev–Trinajstić information content (AvgIpc) is 3.35. The summed E-state index contributed by atoms with van der Waals surface area (Å²) in [6.07, 6.45) is 0. The molecule has 0 saturated carbocycles. The van der Waals surface area contributed by atoms with Gasteiger partial charge in [-0.3, -0.25) is 9.13 Å². The van der Waals surface area contributed by atoms with Crippen LogP contribution in [0.15, 0.2) is 144 Å². The number of hydrogen-bond donors (Lipinski definition) is 0. The first-order valence-corrected chi connectivity index (χ1v) is 15.2. The van der Waals surface area contributed by atoms with E-state index >= 15 is 0 Å². The van der Waals surface area contributed by atoms with Crippen LogP contribution in [0.2, 0.25) is 0 Å². The Morgan fingerprint density at radius 1 is 0.477 bits per heavy atom. The molecule has 0 atom stereocenters. The van der Waals surface area contributed by atoms with Crippen LogP contribution < -0.4 is 5.69 Å². The molecular weight excluding hydrogens is 536 g/mol. The van der Waals surface area contributed by atoms with E-state index < -0.39 is 0 Å². The number of nitrogens with zero attached hydrogens (tertiary/aromatic N) is 2. The van der Waals surface area contributed by atoms with E-state index in [0.717, 1.165) is 22.3 Å². The second-order valence-corrected chi connectivity index (χ2v) is 12.6. The second-order valence-electron chi connectivity index (χ2n) is 12.6. The lowest BCUT2D eigenvalue weighted by molar-refractivity contribution is 0.394. The normalized spacial score (nSPS) is 12.1. The molecule has 0 aliphatic rings. The second kappa shape index (κ2) is 9.82. The van der Waals surface area contributed by atoms with Gasteiger partial charge in [0, 0.05) is 5.54 Å². The van der Waals surface area contributed by atoms with E-state index in [9.17, 15) is 4.79 Å². The van der Waals surface area contributed by atoms with Crippen molar-refractivity contribution in [1.82, 2.24) is 9.13 Å². The number of fused-ring (bicyclic) bond motifs is 4. The van der Waals surface area contributed by atoms with Crippen molar-refractivity contribution in [3.63, 3.8) is 0 Å². The molecule has 0 aliphatic heterocycles. The van der Waals surface area contributed by atoms with Gasteiger partial charge in [-0.15, -0.1) is 0 Å². The number of imidazole rings is 1. The van der Waals surface area contributed by atoms with E-state index in [1.165, 1.54) is 49.0 Å². The summed E-state index contributed by atoms with van der Waals surface area (Å²) in [6.45, 7) is 6.23. The van der Waals surface area contributed by atoms with Gasteiger partial charge in [0.1, 0.15) is 0 Å². The monoisotopic (exact) mass is 568 g/mol. The summed E-state index contributed by atoms with van der Waals surface area (Å²) in [5.74, 6) is 0. The minimum atomic E-state index is -0.341. The van der Waals surface area contributed by atoms with Crippen molar-refractivity contribution in [3.8, 4) is 27.9 Å². The van der Waals surface area contributed by atoms with E-state index in [1.807, 2.05) is 33.4 Å². The Hall–Kier alpha value is -5.41. The van der Waals surface area contributed by atoms with Gasteiger partial charge in [-0.2, -0.15) is 0 Å². The molecule has 0 aliphatic carbocycles. The molecule has 1 heterocycles. The van der Waals surface area contributed by atoms with E-state index in [1.54, 1.807) is 0 Å². The summed E-state index contributed by atoms with van der Waals surface area (Å²) in [5, 5.41) is 7.36. The Morgan fingerprint density at radius 2 is 0.955 bits per heavy atom. The van der Waals surface area contributed by atoms with Crippen molar-refractivity contribution in [2.75, 3.05) is 0 Å². The zero-order valence-corrected chi connectivity index (χ0v) is 25.1. The van der Waals surface area contributed by atoms with Crippen LogP contribution in [0.1, 0.15) is 20.8 Å². The van der Waals surface area contributed by atoms with Gasteiger partial charge < -0.3 is 0 Å². The molecule has 3 heteroatoms. The van der Waals surface area contributed by atoms with Gasteiger partial charge in [-0.1, -0.05) is 109 Å². The molecule has 3 nitrogen and oxygen atoms in total. The van der Waals surface area contributed by atoms with Crippen LogP contribution in [0.25, 0.3) is 71.3 Å². The van der Waals surface area contributed by atoms with Crippen LogP contribution in [-0.2, 0) is 5.54 Å². The first-order valence-electron chi connectivity index (χ1n) is 15.2. The summed E-state index contributed by atoms with van der Waals surface area (Å²) < 4.78 is 3.73. The van der Waals surface area contributed by atoms with Crippen molar-refractivity contribution in [2.45, 2.75) is 26.3 Å². The Morgan fingerprint density at radius 3 is 1.55 bits per heavy atom. The quantitative estimate of drug-likeness (QED) is 0.195. The molecule has 7 aromatic carbocycles. The maximum absolute atomic E-state index is 13.8. The predicted octanol–water partition coefficient (Wildman–Crippen LogP) is 10.3. The molecule has 0 fully saturated rings. The lowest BCUT2D eigenvalue weighted by Crippen LogP contribution is -2.34. The lowest BCUT2D eigenvalue weighted by atomic mass is 9.85. The summed E-state index contributed by atoms with van der Waals surface area (Å²) in [4.78, 5) is 13.8. The number of rotatable bonds is 3. The highest BCUT2D eigenvalue weighted by molar-refractivity contribution is 6.21. The first kappa shape index (κ1) is 26.2. The van der Waals surface area contributed by atoms with Gasteiger partial charge in [0.2, 0.25) is 0 Å². The number of benzene rings is 7. The zero-order valence-electron chi connectivity index (χ0n) is 25.1. The van der Waals surface area contributed by atoms with Crippen molar-refractivity contribution in [3.05, 3.63) is 150 Å². The first-order chi connectivity index (χ1) is 21.4. The number of aromatic nitrogens is 2. The van der Waals surface area contributed by atoms with Crippen molar-refractivity contribution >= 4 is 43.4 Å². The molecule has 0 N–H and O–H groups in total. The van der Waals surface area contributed by atoms with Crippen LogP contribution in [-0.4, -0.2) is 9.13 Å². The molecule has 212 valence electrons. The van der Waals surface area contributed by atoms with E-state index in [2.05, 4.69) is 136 Å². The molecule has 0 radical (unpaired) electrons. The van der Waals surface area contributed by atoms with Gasteiger partial charge in [-0.05, 0) is 106 Å². The van der Waals surface area contributed by atoms with Gasteiger partial charge in [0.25, 0.3) is 0 Å². The van der Waals surface area contributed by atoms with Crippen LogP contribution in [0.3, 0.4) is 0 Å². The van der Waals surface area contributed by atoms with E-state index in [4.69, 9.17) is 0 Å². The minimum absolute atomic E-state index is 0.0258. The third-order valence-corrected chi connectivity index (χ3v) is 8.80. The highest BCUT2D eigenvalue weighted by Gasteiger charge is 2.23. The molecule has 0 amide bonds. The Labute approximate surface area is 256 Å². The lowest BCUT2D eigenvalue weighted by Gasteiger charge is -2.20. The van der Waals surface area contributed by atoms with Crippen LogP contribution in [0.5, 0.6) is 0 Å². The van der Waals surface area contributed by atoms with Crippen molar-refractivity contribution in [2.24, 2.45) is 0 Å². The highest BCUT2D eigenvalue weighted by Crippen LogP contribution is 2.44. The summed E-state index contributed by atoms with van der Waals surface area (Å²) in [6, 6.07) is 49.3. The molecule has 44 heavy (non-hydrogen) atoms. The fraction of sp³-hybridized carbons (Fsp3) is 0.0976. The standard InChI is InChI=1S/C41H32N2O/c1-41(2,3)43-37-19-11-10-18-36(37)42(40(43)44)31-24-22-28(23-25-31)38-32-14-6-8-16-34(32)39(35-17-9-7-15-33(35)38)30-21-20-27-12-4-5-13-29(27)26-30/h4-26H,1-3H3. The molecule has 8 rings (SSSR count). The van der Waals surface area contributed by atoms with Crippen molar-refractivity contribution < 1.29 is 0 Å². The Kier molecular flexibility index (Phi) is 5.85. The molecule has 0 unspecified atom stereocenters. The molecule has 8 aromatic rings. The Bertz CT molecular complexity index is 2380. The molecule has 0 spiro atoms. The molecule has 0 saturated heterocycles. The van der Waals surface area contributed by atoms with Gasteiger partial charge in [0.15, 0.2) is 0 Å². The van der Waals surface area contributed by atoms with Crippen LogP contribution >= 0.6 is 0 Å². The summed E-state index contributed by atoms with van der Waals surface area (Å²) >= 11 is 0. The SMILES string of the molecule is CC(C)(C)n1c(=O)n(-c2ccc(-c3c4ccccc4c(-c4ccc5ccccc5c4)c4ccccc34)cc2)c2ccccc21. The fourth-order valence-electron chi connectivity index (χ4n) is 6.92. The average molecular weight is 569 g/mol. The van der Waals surface area contributed by atoms with Gasteiger partial charge >= 0.3 is 5.69 Å². The number of para-hydroxylation sites is 2. The summed E-state index contributed by atoms with van der Waals surface area (Å²) in [5.41, 5.74) is 7.15. The highest BCUT2D eigenvalue weighted by atomic mass is 16.1. The number of hydrogen-bond acceptors (Lipinski definition) is 1. The summed E-state index contributed by atoms with van der Waals surface area (Å²) in [7, 11) is 0. The fourth-order valence-corrected chi connectivity index (χ4v) is 6.92. The van der Waals surface area contributed by atoms with Gasteiger partial charge in [0.05, 0.1) is 16.7 Å². The molecule has 1 aromatic heterocycles. The molecule has 0 bridgehead atoms. The third-order valence-electron chi connectivity index (χ3n) is 8.80. The van der Waals surface area contributed by atoms with Gasteiger partial charge in [-0.25, -0.2) is 4.79 Å². The predicted molar refractivity (Wildman–Crippen MR) is 186 cm³/mol. The van der Waals surface area contributed by atoms with E-state index in [0.29, 0.717) is 0 Å². The minimum Gasteiger partial charge on any atom is -0.286 e. The smallest absolute Gasteiger partial charge is 0.286 e. The van der Waals surface area contributed by atoms with Crippen LogP contribution in [0, 0.1) is 0 Å². The maximum atomic E-state index is 13.8. The van der Waals surface area contributed by atoms with Crippen LogP contribution in [0.4, 0.5) is 0 Å². The maximum Gasteiger partial charge on any atom is 0.334 e. The van der Waals surface area contributed by atoms with E-state index in [-0.39, 0.29) is 11.2 Å². The third kappa shape index (κ3) is 4.00.